The maximum absolute atomic E-state index is 14.7. The van der Waals surface area contributed by atoms with E-state index in [0.29, 0.717) is 25.7 Å². The molecule has 4 N–H and O–H groups in total. The fraction of sp³-hybridized carbons (Fsp3) is 0.623. The minimum Gasteiger partial charge on any atom is -0.507 e. The second kappa shape index (κ2) is 22.3. The first-order chi connectivity index (χ1) is 34.5. The molecule has 0 bridgehead atoms. The Morgan fingerprint density at radius 1 is 0.338 bits per heavy atom. The third kappa shape index (κ3) is 15.7. The molecule has 0 saturated carbocycles. The number of ether oxygens (including phenoxy) is 2. The molecular weight excluding hydrogens is 957 g/mol. The number of aryl methyl sites for hydroxylation is 2. The van der Waals surface area contributed by atoms with Gasteiger partial charge in [0.15, 0.2) is 0 Å². The van der Waals surface area contributed by atoms with Crippen LogP contribution in [0.25, 0.3) is 0 Å². The molecule has 77 heavy (non-hydrogen) atoms. The Morgan fingerprint density at radius 2 is 0.506 bits per heavy atom. The van der Waals surface area contributed by atoms with Crippen molar-refractivity contribution in [2.24, 2.45) is 5.41 Å². The molecule has 0 spiro atoms. The molecular formula is C69H104O8. The Balaban J connectivity index is 2.02. The van der Waals surface area contributed by atoms with E-state index in [-0.39, 0.29) is 57.5 Å². The molecule has 0 aromatic heterocycles. The first-order valence-electron chi connectivity index (χ1n) is 28.4. The Bertz CT molecular complexity index is 2440. The van der Waals surface area contributed by atoms with E-state index in [1.54, 1.807) is 0 Å². The van der Waals surface area contributed by atoms with Gasteiger partial charge in [-0.15, -0.1) is 0 Å². The molecule has 0 amide bonds. The molecule has 4 aromatic rings. The average Bonchev–Trinajstić information content (AvgIpc) is 3.23. The summed E-state index contributed by atoms with van der Waals surface area (Å²) in [5.74, 6) is 0.238. The van der Waals surface area contributed by atoms with Gasteiger partial charge in [0.2, 0.25) is 0 Å². The number of phenolic OH excluding ortho intramolecular Hbond substituents is 4. The second-order valence-corrected chi connectivity index (χ2v) is 31.0. The summed E-state index contributed by atoms with van der Waals surface area (Å²) < 4.78 is 13.5. The Kier molecular flexibility index (Phi) is 18.7. The van der Waals surface area contributed by atoms with E-state index in [4.69, 9.17) is 9.47 Å². The number of hydrogen-bond donors (Lipinski definition) is 4. The van der Waals surface area contributed by atoms with Gasteiger partial charge in [0.25, 0.3) is 0 Å². The topological polar surface area (TPSA) is 134 Å². The third-order valence-corrected chi connectivity index (χ3v) is 15.7. The van der Waals surface area contributed by atoms with Crippen LogP contribution in [-0.2, 0) is 88.1 Å². The lowest BCUT2D eigenvalue weighted by molar-refractivity contribution is -0.172. The highest BCUT2D eigenvalue weighted by molar-refractivity contribution is 5.71. The van der Waals surface area contributed by atoms with Crippen LogP contribution in [-0.4, -0.2) is 44.6 Å². The predicted molar refractivity (Wildman–Crippen MR) is 320 cm³/mol. The van der Waals surface area contributed by atoms with Crippen molar-refractivity contribution in [3.8, 4) is 23.0 Å². The highest BCUT2D eigenvalue weighted by Crippen LogP contribution is 2.48. The first-order valence-corrected chi connectivity index (χ1v) is 28.4. The van der Waals surface area contributed by atoms with Crippen molar-refractivity contribution in [3.05, 3.63) is 115 Å². The molecule has 2 unspecified atom stereocenters. The predicted octanol–water partition coefficient (Wildman–Crippen LogP) is 16.8. The SMILES string of the molecule is CC(OC(=O)CCc1cc(C(C)(C)C)c(O)c(C(C)(C)C)c1)C(Cc1cc(C(C)(C)C)c(O)c(C(C)(C)C)c1)(Cc1cc(C(C)(C)C)c(O)c(C(C)(C)C)c1)C(C)OC(=O)CCc1cc(C(C)(C)C)c(O)c(C(C)(C)C)c1. The molecule has 0 aliphatic rings. The fourth-order valence-corrected chi connectivity index (χ4v) is 10.8. The number of esters is 2. The van der Waals surface area contributed by atoms with E-state index in [1.807, 2.05) is 38.1 Å². The Morgan fingerprint density at radius 3 is 0.675 bits per heavy atom. The van der Waals surface area contributed by atoms with E-state index < -0.39 is 51.2 Å². The number of rotatable bonds is 14. The van der Waals surface area contributed by atoms with Gasteiger partial charge in [-0.25, -0.2) is 0 Å². The van der Waals surface area contributed by atoms with E-state index in [0.717, 1.165) is 66.8 Å². The Labute approximate surface area is 467 Å². The molecule has 8 heteroatoms. The lowest BCUT2D eigenvalue weighted by Gasteiger charge is -2.44. The summed E-state index contributed by atoms with van der Waals surface area (Å²) in [4.78, 5) is 29.4. The highest BCUT2D eigenvalue weighted by atomic mass is 16.6. The van der Waals surface area contributed by atoms with Crippen LogP contribution in [0.5, 0.6) is 23.0 Å². The van der Waals surface area contributed by atoms with Gasteiger partial charge in [-0.3, -0.25) is 9.59 Å². The van der Waals surface area contributed by atoms with Gasteiger partial charge in [0.05, 0.1) is 5.41 Å². The fourth-order valence-electron chi connectivity index (χ4n) is 10.8. The van der Waals surface area contributed by atoms with Crippen LogP contribution in [0, 0.1) is 5.41 Å². The number of benzene rings is 4. The quantitative estimate of drug-likeness (QED) is 0.0918. The summed E-state index contributed by atoms with van der Waals surface area (Å²) in [6, 6.07) is 16.3. The molecule has 0 aliphatic carbocycles. The smallest absolute Gasteiger partial charge is 0.306 e. The standard InChI is InChI=1S/C69H104O8/c1-41(76-55(70)29-27-43-31-47(61(3,4)5)57(72)48(32-43)62(6,7)8)69(39-45-35-51(65(15,16)17)59(74)52(36-45)66(18,19)20,40-46-37-53(67(21,22)23)60(75)54(38-46)68(24,25)26)42(2)77-56(71)30-28-44-33-49(63(9,10)11)58(73)50(34-44)64(12,13)14/h31-38,41-42,72-75H,27-30,39-40H2,1-26H3. The van der Waals surface area contributed by atoms with Crippen LogP contribution in [0.1, 0.15) is 260 Å². The molecule has 428 valence electrons. The van der Waals surface area contributed by atoms with Crippen LogP contribution in [0.2, 0.25) is 0 Å². The molecule has 8 nitrogen and oxygen atoms in total. The zero-order chi connectivity index (χ0) is 59.4. The van der Waals surface area contributed by atoms with E-state index in [1.165, 1.54) is 0 Å². The minimum absolute atomic E-state index is 0.0649. The summed E-state index contributed by atoms with van der Waals surface area (Å²) in [7, 11) is 0. The molecule has 4 aromatic carbocycles. The van der Waals surface area contributed by atoms with Gasteiger partial charge in [0, 0.05) is 12.8 Å². The van der Waals surface area contributed by atoms with Crippen molar-refractivity contribution in [3.63, 3.8) is 0 Å². The number of hydrogen-bond acceptors (Lipinski definition) is 8. The molecule has 0 fully saturated rings. The monoisotopic (exact) mass is 1060 g/mol. The van der Waals surface area contributed by atoms with Crippen LogP contribution in [0.4, 0.5) is 0 Å². The summed E-state index contributed by atoms with van der Waals surface area (Å²) in [6.07, 6.45) is -0.211. The number of carbonyl (C=O) groups excluding carboxylic acids is 2. The van der Waals surface area contributed by atoms with E-state index in [2.05, 4.69) is 190 Å². The summed E-state index contributed by atoms with van der Waals surface area (Å²) >= 11 is 0. The van der Waals surface area contributed by atoms with E-state index in [9.17, 15) is 30.0 Å². The average molecular weight is 1060 g/mol. The van der Waals surface area contributed by atoms with Crippen LogP contribution in [0.15, 0.2) is 48.5 Å². The number of carbonyl (C=O) groups is 2. The minimum atomic E-state index is -1.12. The third-order valence-electron chi connectivity index (χ3n) is 15.7. The van der Waals surface area contributed by atoms with Crippen molar-refractivity contribution < 1.29 is 39.5 Å². The maximum atomic E-state index is 14.7. The highest BCUT2D eigenvalue weighted by Gasteiger charge is 2.47. The second-order valence-electron chi connectivity index (χ2n) is 31.0. The summed E-state index contributed by atoms with van der Waals surface area (Å²) in [6.45, 7) is 53.8. The van der Waals surface area contributed by atoms with Crippen LogP contribution in [0.3, 0.4) is 0 Å². The molecule has 4 rings (SSSR count). The van der Waals surface area contributed by atoms with Crippen molar-refractivity contribution >= 4 is 11.9 Å². The zero-order valence-corrected chi connectivity index (χ0v) is 52.9. The largest absolute Gasteiger partial charge is 0.507 e. The van der Waals surface area contributed by atoms with Crippen molar-refractivity contribution in [1.82, 2.24) is 0 Å². The van der Waals surface area contributed by atoms with Crippen LogP contribution < -0.4 is 0 Å². The van der Waals surface area contributed by atoms with Gasteiger partial charge in [-0.1, -0.05) is 215 Å². The lowest BCUT2D eigenvalue weighted by atomic mass is 9.67. The molecule has 2 atom stereocenters. The van der Waals surface area contributed by atoms with E-state index >= 15 is 0 Å². The van der Waals surface area contributed by atoms with Gasteiger partial charge < -0.3 is 29.9 Å². The molecule has 0 heterocycles. The molecule has 0 radical (unpaired) electrons. The van der Waals surface area contributed by atoms with Crippen LogP contribution >= 0.6 is 0 Å². The van der Waals surface area contributed by atoms with Gasteiger partial charge in [-0.05, 0) is 150 Å². The molecule has 0 saturated heterocycles. The zero-order valence-electron chi connectivity index (χ0n) is 52.9. The van der Waals surface area contributed by atoms with Gasteiger partial charge >= 0.3 is 11.9 Å². The lowest BCUT2D eigenvalue weighted by Crippen LogP contribution is -2.50. The normalized spacial score (nSPS) is 14.4. The van der Waals surface area contributed by atoms with Crippen molar-refractivity contribution in [2.45, 2.75) is 274 Å². The summed E-state index contributed by atoms with van der Waals surface area (Å²) in [5, 5.41) is 47.1. The van der Waals surface area contributed by atoms with Gasteiger partial charge in [0.1, 0.15) is 35.2 Å². The maximum Gasteiger partial charge on any atom is 0.306 e. The molecule has 0 aliphatic heterocycles. The van der Waals surface area contributed by atoms with Gasteiger partial charge in [-0.2, -0.15) is 0 Å². The number of aromatic hydroxyl groups is 4. The Hall–Kier alpha value is -4.98. The number of phenols is 4. The summed E-state index contributed by atoms with van der Waals surface area (Å²) in [5.41, 5.74) is 5.79. The van der Waals surface area contributed by atoms with Crippen molar-refractivity contribution in [2.75, 3.05) is 0 Å². The van der Waals surface area contributed by atoms with Crippen molar-refractivity contribution in [1.29, 1.82) is 0 Å². The first kappa shape index (κ1) is 64.5.